The van der Waals surface area contributed by atoms with E-state index in [1.807, 2.05) is 44.2 Å². The minimum Gasteiger partial charge on any atom is -0.484 e. The SMILES string of the molecule is CC(=O)Nc1ccc(S(=O)(=O)N(CCc2ccccc2)CC(=O)N/N=C/c2ccc(OCC(=O)NC(C)C)cc2)cc1. The maximum atomic E-state index is 13.5. The van der Waals surface area contributed by atoms with Gasteiger partial charge in [0.2, 0.25) is 15.9 Å². The fraction of sp³-hybridized carbons (Fsp3) is 0.267. The molecule has 0 aliphatic heterocycles. The van der Waals surface area contributed by atoms with Crippen molar-refractivity contribution in [2.45, 2.75) is 38.1 Å². The molecule has 0 saturated carbocycles. The quantitative estimate of drug-likeness (QED) is 0.194. The molecular formula is C30H35N5O6S. The molecule has 0 heterocycles. The Morgan fingerprint density at radius 2 is 1.60 bits per heavy atom. The van der Waals surface area contributed by atoms with Crippen molar-refractivity contribution < 1.29 is 27.5 Å². The van der Waals surface area contributed by atoms with Crippen LogP contribution in [0.15, 0.2) is 88.9 Å². The lowest BCUT2D eigenvalue weighted by molar-refractivity contribution is -0.123. The topological polar surface area (TPSA) is 146 Å². The monoisotopic (exact) mass is 593 g/mol. The molecule has 0 saturated heterocycles. The van der Waals surface area contributed by atoms with Crippen LogP contribution in [0.2, 0.25) is 0 Å². The van der Waals surface area contributed by atoms with Gasteiger partial charge in [0.05, 0.1) is 17.7 Å². The van der Waals surface area contributed by atoms with Crippen molar-refractivity contribution in [3.8, 4) is 5.75 Å². The number of nitrogens with one attached hydrogen (secondary N) is 3. The maximum absolute atomic E-state index is 13.5. The van der Waals surface area contributed by atoms with E-state index in [4.69, 9.17) is 4.74 Å². The number of carbonyl (C=O) groups is 3. The third kappa shape index (κ3) is 10.5. The Morgan fingerprint density at radius 1 is 0.929 bits per heavy atom. The van der Waals surface area contributed by atoms with E-state index in [2.05, 4.69) is 21.2 Å². The second-order valence-corrected chi connectivity index (χ2v) is 11.6. The lowest BCUT2D eigenvalue weighted by Gasteiger charge is -2.21. The first-order valence-corrected chi connectivity index (χ1v) is 14.7. The normalized spacial score (nSPS) is 11.5. The highest BCUT2D eigenvalue weighted by atomic mass is 32.2. The third-order valence-electron chi connectivity index (χ3n) is 5.73. The number of benzene rings is 3. The van der Waals surface area contributed by atoms with Gasteiger partial charge in [0.15, 0.2) is 6.61 Å². The minimum atomic E-state index is -4.05. The van der Waals surface area contributed by atoms with Crippen LogP contribution in [0.4, 0.5) is 5.69 Å². The van der Waals surface area contributed by atoms with Crippen LogP contribution in [0, 0.1) is 0 Å². The number of nitrogens with zero attached hydrogens (tertiary/aromatic N) is 2. The lowest BCUT2D eigenvalue weighted by atomic mass is 10.1. The molecular weight excluding hydrogens is 558 g/mol. The van der Waals surface area contributed by atoms with Crippen LogP contribution in [0.5, 0.6) is 5.75 Å². The van der Waals surface area contributed by atoms with Gasteiger partial charge in [-0.3, -0.25) is 14.4 Å². The molecule has 0 unspecified atom stereocenters. The molecule has 0 fully saturated rings. The van der Waals surface area contributed by atoms with Crippen LogP contribution in [-0.2, 0) is 30.8 Å². The van der Waals surface area contributed by atoms with Crippen LogP contribution >= 0.6 is 0 Å². The summed E-state index contributed by atoms with van der Waals surface area (Å²) in [6, 6.07) is 21.9. The first-order chi connectivity index (χ1) is 20.0. The predicted octanol–water partition coefficient (Wildman–Crippen LogP) is 2.93. The van der Waals surface area contributed by atoms with Gasteiger partial charge >= 0.3 is 0 Å². The molecule has 0 bridgehead atoms. The van der Waals surface area contributed by atoms with Crippen molar-refractivity contribution in [1.82, 2.24) is 15.0 Å². The van der Waals surface area contributed by atoms with Gasteiger partial charge in [-0.15, -0.1) is 0 Å². The number of hydrogen-bond acceptors (Lipinski definition) is 7. The molecule has 3 N–H and O–H groups in total. The van der Waals surface area contributed by atoms with Crippen LogP contribution in [0.25, 0.3) is 0 Å². The molecule has 222 valence electrons. The summed E-state index contributed by atoms with van der Waals surface area (Å²) in [6.45, 7) is 4.59. The van der Waals surface area contributed by atoms with E-state index >= 15 is 0 Å². The Balaban J connectivity index is 1.64. The van der Waals surface area contributed by atoms with Crippen molar-refractivity contribution >= 4 is 39.6 Å². The summed E-state index contributed by atoms with van der Waals surface area (Å²) in [5.41, 5.74) is 4.41. The molecule has 0 atom stereocenters. The molecule has 42 heavy (non-hydrogen) atoms. The van der Waals surface area contributed by atoms with E-state index in [9.17, 15) is 22.8 Å². The second-order valence-electron chi connectivity index (χ2n) is 9.65. The minimum absolute atomic E-state index is 0.00930. The molecule has 0 aliphatic rings. The standard InChI is InChI=1S/C30H35N5O6S/c1-22(2)32-30(38)21-41-27-13-9-25(10-14-27)19-31-34-29(37)20-35(18-17-24-7-5-4-6-8-24)42(39,40)28-15-11-26(12-16-28)33-23(3)36/h4-16,19,22H,17-18,20-21H2,1-3H3,(H,32,38)(H,33,36)(H,34,37)/b31-19+. The van der Waals surface area contributed by atoms with Gasteiger partial charge in [0, 0.05) is 25.2 Å². The Kier molecular flexibility index (Phi) is 11.8. The van der Waals surface area contributed by atoms with E-state index in [1.54, 1.807) is 24.3 Å². The van der Waals surface area contributed by atoms with Gasteiger partial charge in [-0.25, -0.2) is 13.8 Å². The Bertz CT molecular complexity index is 1470. The summed E-state index contributed by atoms with van der Waals surface area (Å²) in [7, 11) is -4.05. The van der Waals surface area contributed by atoms with Gasteiger partial charge in [0.1, 0.15) is 5.75 Å². The van der Waals surface area contributed by atoms with Gasteiger partial charge < -0.3 is 15.4 Å². The van der Waals surface area contributed by atoms with Crippen molar-refractivity contribution in [1.29, 1.82) is 0 Å². The van der Waals surface area contributed by atoms with Crippen LogP contribution in [0.1, 0.15) is 31.9 Å². The zero-order chi connectivity index (χ0) is 30.5. The van der Waals surface area contributed by atoms with Gasteiger partial charge in [-0.05, 0) is 79.9 Å². The Labute approximate surface area is 246 Å². The number of anilines is 1. The zero-order valence-electron chi connectivity index (χ0n) is 23.7. The first-order valence-electron chi connectivity index (χ1n) is 13.3. The van der Waals surface area contributed by atoms with Gasteiger partial charge in [0.25, 0.3) is 11.8 Å². The molecule has 0 aliphatic carbocycles. The third-order valence-corrected chi connectivity index (χ3v) is 7.59. The highest BCUT2D eigenvalue weighted by Crippen LogP contribution is 2.19. The van der Waals surface area contributed by atoms with E-state index < -0.39 is 22.5 Å². The fourth-order valence-corrected chi connectivity index (χ4v) is 5.18. The molecule has 3 rings (SSSR count). The van der Waals surface area contributed by atoms with Gasteiger partial charge in [-0.2, -0.15) is 9.41 Å². The number of carbonyl (C=O) groups excluding carboxylic acids is 3. The molecule has 0 radical (unpaired) electrons. The van der Waals surface area contributed by atoms with E-state index in [0.717, 1.165) is 9.87 Å². The molecule has 11 nitrogen and oxygen atoms in total. The van der Waals surface area contributed by atoms with Crippen molar-refractivity contribution in [3.63, 3.8) is 0 Å². The average Bonchev–Trinajstić information content (AvgIpc) is 2.95. The Hall–Kier alpha value is -4.55. The lowest BCUT2D eigenvalue weighted by Crippen LogP contribution is -2.40. The number of ether oxygens (including phenoxy) is 1. The fourth-order valence-electron chi connectivity index (χ4n) is 3.78. The average molecular weight is 594 g/mol. The van der Waals surface area contributed by atoms with Crippen molar-refractivity contribution in [2.24, 2.45) is 5.10 Å². The van der Waals surface area contributed by atoms with Gasteiger partial charge in [-0.1, -0.05) is 30.3 Å². The summed E-state index contributed by atoms with van der Waals surface area (Å²) in [6.07, 6.45) is 1.81. The number of hydrazone groups is 1. The molecule has 3 aromatic carbocycles. The summed E-state index contributed by atoms with van der Waals surface area (Å²) in [5.74, 6) is -0.615. The maximum Gasteiger partial charge on any atom is 0.258 e. The smallest absolute Gasteiger partial charge is 0.258 e. The highest BCUT2D eigenvalue weighted by molar-refractivity contribution is 7.89. The molecule has 0 aromatic heterocycles. The van der Waals surface area contributed by atoms with E-state index in [1.165, 1.54) is 37.4 Å². The Morgan fingerprint density at radius 3 is 2.21 bits per heavy atom. The largest absolute Gasteiger partial charge is 0.484 e. The van der Waals surface area contributed by atoms with E-state index in [0.29, 0.717) is 23.4 Å². The number of amides is 3. The van der Waals surface area contributed by atoms with Crippen LogP contribution in [0.3, 0.4) is 0 Å². The summed E-state index contributed by atoms with van der Waals surface area (Å²) in [5, 5.41) is 9.29. The van der Waals surface area contributed by atoms with Crippen molar-refractivity contribution in [2.75, 3.05) is 25.0 Å². The highest BCUT2D eigenvalue weighted by Gasteiger charge is 2.26. The number of rotatable bonds is 14. The molecule has 12 heteroatoms. The van der Waals surface area contributed by atoms with Crippen molar-refractivity contribution in [3.05, 3.63) is 90.0 Å². The second kappa shape index (κ2) is 15.5. The van der Waals surface area contributed by atoms with E-state index in [-0.39, 0.29) is 35.9 Å². The molecule has 3 amide bonds. The summed E-state index contributed by atoms with van der Waals surface area (Å²) >= 11 is 0. The van der Waals surface area contributed by atoms with Crippen LogP contribution < -0.4 is 20.8 Å². The van der Waals surface area contributed by atoms with Crippen LogP contribution in [-0.4, -0.2) is 62.4 Å². The number of sulfonamides is 1. The summed E-state index contributed by atoms with van der Waals surface area (Å²) < 4.78 is 33.5. The number of hydrogen-bond donors (Lipinski definition) is 3. The predicted molar refractivity (Wildman–Crippen MR) is 161 cm³/mol. The molecule has 3 aromatic rings. The zero-order valence-corrected chi connectivity index (χ0v) is 24.6. The summed E-state index contributed by atoms with van der Waals surface area (Å²) in [4.78, 5) is 35.8. The first kappa shape index (κ1) is 32.0. The molecule has 0 spiro atoms.